The van der Waals surface area contributed by atoms with Gasteiger partial charge in [-0.25, -0.2) is 0 Å². The number of para-hydroxylation sites is 1. The Kier molecular flexibility index (Phi) is 6.60. The first-order valence-electron chi connectivity index (χ1n) is 9.52. The Morgan fingerprint density at radius 3 is 2.43 bits per heavy atom. The molecular weight excluding hydrogens is 350 g/mol. The van der Waals surface area contributed by atoms with Crippen LogP contribution >= 0.6 is 0 Å². The zero-order valence-corrected chi connectivity index (χ0v) is 15.7. The van der Waals surface area contributed by atoms with E-state index in [2.05, 4.69) is 19.4 Å². The number of ketones is 1. The van der Waals surface area contributed by atoms with Crippen molar-refractivity contribution in [1.82, 2.24) is 0 Å². The molecule has 1 aliphatic rings. The van der Waals surface area contributed by atoms with Gasteiger partial charge in [-0.2, -0.15) is 5.26 Å². The lowest BCUT2D eigenvalue weighted by Gasteiger charge is -2.23. The quantitative estimate of drug-likeness (QED) is 0.397. The van der Waals surface area contributed by atoms with Crippen molar-refractivity contribution in [1.29, 1.82) is 5.26 Å². The van der Waals surface area contributed by atoms with Gasteiger partial charge in [0.2, 0.25) is 0 Å². The van der Waals surface area contributed by atoms with Crippen molar-refractivity contribution in [3.8, 4) is 11.8 Å². The number of benzene rings is 2. The molecule has 0 amide bonds. The minimum absolute atomic E-state index is 0.0249. The highest BCUT2D eigenvalue weighted by Crippen LogP contribution is 2.42. The number of nitrogens with zero attached hydrogens (tertiary/aromatic N) is 1. The van der Waals surface area contributed by atoms with E-state index < -0.39 is 0 Å². The van der Waals surface area contributed by atoms with E-state index in [1.807, 2.05) is 18.2 Å². The normalized spacial score (nSPS) is 21.1. The van der Waals surface area contributed by atoms with Gasteiger partial charge in [0.1, 0.15) is 5.75 Å². The highest BCUT2D eigenvalue weighted by atomic mass is 16.5. The van der Waals surface area contributed by atoms with Crippen LogP contribution in [0, 0.1) is 42.4 Å². The van der Waals surface area contributed by atoms with Gasteiger partial charge >= 0.3 is 5.97 Å². The van der Waals surface area contributed by atoms with Gasteiger partial charge in [0.25, 0.3) is 0 Å². The van der Waals surface area contributed by atoms with Crippen LogP contribution in [-0.4, -0.2) is 11.8 Å². The van der Waals surface area contributed by atoms with Crippen LogP contribution in [0.1, 0.15) is 41.6 Å². The molecule has 2 aromatic rings. The molecule has 2 radical (unpaired) electrons. The van der Waals surface area contributed by atoms with Crippen molar-refractivity contribution in [3.63, 3.8) is 0 Å². The van der Waals surface area contributed by atoms with Crippen molar-refractivity contribution in [2.45, 2.75) is 25.7 Å². The number of esters is 1. The van der Waals surface area contributed by atoms with Crippen LogP contribution in [0.5, 0.6) is 5.75 Å². The molecule has 3 rings (SSSR count). The third-order valence-corrected chi connectivity index (χ3v) is 5.40. The zero-order valence-electron chi connectivity index (χ0n) is 15.7. The summed E-state index contributed by atoms with van der Waals surface area (Å²) >= 11 is 0. The first kappa shape index (κ1) is 19.8. The first-order chi connectivity index (χ1) is 13.6. The number of hydrogen-bond acceptors (Lipinski definition) is 4. The van der Waals surface area contributed by atoms with Gasteiger partial charge in [-0.05, 0) is 54.9 Å². The Morgan fingerprint density at radius 1 is 1.07 bits per heavy atom. The van der Waals surface area contributed by atoms with Crippen LogP contribution in [-0.2, 0) is 4.79 Å². The molecule has 0 aromatic heterocycles. The van der Waals surface area contributed by atoms with Gasteiger partial charge in [-0.1, -0.05) is 43.7 Å². The maximum atomic E-state index is 12.7. The molecule has 0 saturated heterocycles. The fraction of sp³-hybridized carbons (Fsp3) is 0.292. The fourth-order valence-corrected chi connectivity index (χ4v) is 3.85. The van der Waals surface area contributed by atoms with E-state index >= 15 is 0 Å². The molecular formula is C24H23NO3. The Morgan fingerprint density at radius 2 is 1.79 bits per heavy atom. The van der Waals surface area contributed by atoms with E-state index in [1.54, 1.807) is 36.4 Å². The molecule has 3 atom stereocenters. The predicted molar refractivity (Wildman–Crippen MR) is 106 cm³/mol. The third kappa shape index (κ3) is 4.86. The summed E-state index contributed by atoms with van der Waals surface area (Å²) in [7, 11) is 0. The Bertz CT molecular complexity index is 852. The topological polar surface area (TPSA) is 67.2 Å². The SMILES string of the molecule is [CH2]CC1C[CH]C(CC(=O)c2ccc(C#N)cc2)C1CC(=O)Oc1ccccc1. The summed E-state index contributed by atoms with van der Waals surface area (Å²) in [6, 6.07) is 17.8. The van der Waals surface area contributed by atoms with Gasteiger partial charge in [0.05, 0.1) is 11.6 Å². The van der Waals surface area contributed by atoms with Crippen LogP contribution < -0.4 is 4.74 Å². The summed E-state index contributed by atoms with van der Waals surface area (Å²) in [5, 5.41) is 8.89. The lowest BCUT2D eigenvalue weighted by Crippen LogP contribution is -2.23. The lowest BCUT2D eigenvalue weighted by atomic mass is 9.82. The molecule has 0 N–H and O–H groups in total. The average molecular weight is 373 g/mol. The number of ether oxygens (including phenoxy) is 1. The molecule has 0 bridgehead atoms. The molecule has 1 saturated carbocycles. The summed E-state index contributed by atoms with van der Waals surface area (Å²) in [5.41, 5.74) is 1.12. The van der Waals surface area contributed by atoms with Crippen LogP contribution in [0.2, 0.25) is 0 Å². The number of nitriles is 1. The summed E-state index contributed by atoms with van der Waals surface area (Å²) < 4.78 is 5.44. The minimum Gasteiger partial charge on any atom is -0.427 e. The maximum absolute atomic E-state index is 12.7. The second-order valence-electron chi connectivity index (χ2n) is 7.16. The first-order valence-corrected chi connectivity index (χ1v) is 9.52. The van der Waals surface area contributed by atoms with Gasteiger partial charge < -0.3 is 4.74 Å². The number of Topliss-reactive ketones (excluding diaryl/α,β-unsaturated/α-hetero) is 1. The van der Waals surface area contributed by atoms with E-state index in [0.29, 0.717) is 23.3 Å². The smallest absolute Gasteiger partial charge is 0.311 e. The maximum Gasteiger partial charge on any atom is 0.311 e. The summed E-state index contributed by atoms with van der Waals surface area (Å²) in [6.45, 7) is 4.01. The van der Waals surface area contributed by atoms with E-state index in [0.717, 1.165) is 12.8 Å². The fourth-order valence-electron chi connectivity index (χ4n) is 3.85. The van der Waals surface area contributed by atoms with Crippen molar-refractivity contribution in [3.05, 3.63) is 79.1 Å². The lowest BCUT2D eigenvalue weighted by molar-refractivity contribution is -0.136. The summed E-state index contributed by atoms with van der Waals surface area (Å²) in [5.74, 6) is 0.639. The second-order valence-corrected chi connectivity index (χ2v) is 7.16. The van der Waals surface area contributed by atoms with Crippen molar-refractivity contribution in [2.75, 3.05) is 0 Å². The van der Waals surface area contributed by atoms with Crippen LogP contribution in [0.15, 0.2) is 54.6 Å². The Hall–Kier alpha value is -2.93. The summed E-state index contributed by atoms with van der Waals surface area (Å²) in [6.07, 6.45) is 4.36. The van der Waals surface area contributed by atoms with Crippen LogP contribution in [0.3, 0.4) is 0 Å². The number of carbonyl (C=O) groups excluding carboxylic acids is 2. The molecule has 0 spiro atoms. The standard InChI is InChI=1S/C24H23NO3/c1-2-18-12-13-20(14-23(26)19-10-8-17(16-25)9-11-19)22(18)15-24(27)28-21-6-4-3-5-7-21/h3-11,13,18,20,22H,1-2,12,14-15H2. The second kappa shape index (κ2) is 9.32. The highest BCUT2D eigenvalue weighted by Gasteiger charge is 2.38. The minimum atomic E-state index is -0.277. The molecule has 4 heteroatoms. The molecule has 28 heavy (non-hydrogen) atoms. The average Bonchev–Trinajstić information content (AvgIpc) is 3.09. The molecule has 0 heterocycles. The van der Waals surface area contributed by atoms with Crippen molar-refractivity contribution >= 4 is 11.8 Å². The number of rotatable bonds is 7. The predicted octanol–water partition coefficient (Wildman–Crippen LogP) is 4.81. The monoisotopic (exact) mass is 373 g/mol. The molecule has 1 aliphatic carbocycles. The molecule has 3 unspecified atom stereocenters. The van der Waals surface area contributed by atoms with Gasteiger partial charge in [-0.3, -0.25) is 9.59 Å². The Balaban J connectivity index is 1.64. The van der Waals surface area contributed by atoms with Crippen LogP contribution in [0.25, 0.3) is 0 Å². The number of carbonyl (C=O) groups is 2. The third-order valence-electron chi connectivity index (χ3n) is 5.40. The molecule has 142 valence electrons. The Labute approximate surface area is 166 Å². The van der Waals surface area contributed by atoms with E-state index in [1.165, 1.54) is 0 Å². The zero-order chi connectivity index (χ0) is 19.9. The van der Waals surface area contributed by atoms with Gasteiger partial charge in [0.15, 0.2) is 5.78 Å². The van der Waals surface area contributed by atoms with Gasteiger partial charge in [-0.15, -0.1) is 0 Å². The van der Waals surface area contributed by atoms with E-state index in [4.69, 9.17) is 10.00 Å². The highest BCUT2D eigenvalue weighted by molar-refractivity contribution is 5.96. The largest absolute Gasteiger partial charge is 0.427 e. The molecule has 1 fully saturated rings. The number of hydrogen-bond donors (Lipinski definition) is 0. The molecule has 0 aliphatic heterocycles. The van der Waals surface area contributed by atoms with Crippen molar-refractivity contribution in [2.24, 2.45) is 17.8 Å². The van der Waals surface area contributed by atoms with E-state index in [9.17, 15) is 9.59 Å². The summed E-state index contributed by atoms with van der Waals surface area (Å²) in [4.78, 5) is 25.1. The van der Waals surface area contributed by atoms with E-state index in [-0.39, 0.29) is 35.9 Å². The van der Waals surface area contributed by atoms with Crippen LogP contribution in [0.4, 0.5) is 0 Å². The van der Waals surface area contributed by atoms with Gasteiger partial charge in [0, 0.05) is 18.4 Å². The van der Waals surface area contributed by atoms with Crippen molar-refractivity contribution < 1.29 is 14.3 Å². The molecule has 4 nitrogen and oxygen atoms in total. The molecule has 2 aromatic carbocycles.